The Bertz CT molecular complexity index is 410. The number of ketones is 1. The van der Waals surface area contributed by atoms with E-state index in [2.05, 4.69) is 19.1 Å². The Kier molecular flexibility index (Phi) is 2.78. The van der Waals surface area contributed by atoms with Gasteiger partial charge in [-0.15, -0.1) is 0 Å². The molecule has 0 bridgehead atoms. The van der Waals surface area contributed by atoms with E-state index in [1.807, 2.05) is 12.1 Å². The Morgan fingerprint density at radius 1 is 1.12 bits per heavy atom. The van der Waals surface area contributed by atoms with Crippen LogP contribution < -0.4 is 0 Å². The van der Waals surface area contributed by atoms with E-state index in [9.17, 15) is 4.79 Å². The van der Waals surface area contributed by atoms with Gasteiger partial charge in [0.2, 0.25) is 0 Å². The first-order chi connectivity index (χ1) is 8.25. The van der Waals surface area contributed by atoms with Crippen LogP contribution in [0.4, 0.5) is 0 Å². The van der Waals surface area contributed by atoms with Crippen molar-refractivity contribution in [3.05, 3.63) is 35.4 Å². The average molecular weight is 228 g/mol. The van der Waals surface area contributed by atoms with Gasteiger partial charge >= 0.3 is 0 Å². The predicted molar refractivity (Wildman–Crippen MR) is 69.3 cm³/mol. The normalized spacial score (nSPS) is 21.9. The Hall–Kier alpha value is -1.11. The molecule has 0 spiro atoms. The predicted octanol–water partition coefficient (Wildman–Crippen LogP) is 4.18. The SMILES string of the molecule is CC(C(=O)c1ccc(C2CCC2)cc1)C1CC1. The van der Waals surface area contributed by atoms with Gasteiger partial charge in [0.25, 0.3) is 0 Å². The molecular weight excluding hydrogens is 208 g/mol. The number of hydrogen-bond donors (Lipinski definition) is 0. The lowest BCUT2D eigenvalue weighted by molar-refractivity contribution is 0.0916. The molecule has 1 aromatic carbocycles. The molecule has 2 fully saturated rings. The summed E-state index contributed by atoms with van der Waals surface area (Å²) < 4.78 is 0. The smallest absolute Gasteiger partial charge is 0.165 e. The maximum Gasteiger partial charge on any atom is 0.165 e. The van der Waals surface area contributed by atoms with Gasteiger partial charge in [-0.2, -0.15) is 0 Å². The molecule has 0 aromatic heterocycles. The zero-order valence-corrected chi connectivity index (χ0v) is 10.5. The standard InChI is InChI=1S/C16H20O/c1-11(12-5-6-12)16(17)15-9-7-14(8-10-15)13-3-2-4-13/h7-13H,2-6H2,1H3. The summed E-state index contributed by atoms with van der Waals surface area (Å²) in [6.07, 6.45) is 6.50. The number of hydrogen-bond acceptors (Lipinski definition) is 1. The Morgan fingerprint density at radius 3 is 2.24 bits per heavy atom. The van der Waals surface area contributed by atoms with Crippen LogP contribution in [0.1, 0.15) is 60.9 Å². The van der Waals surface area contributed by atoms with Crippen LogP contribution in [0.15, 0.2) is 24.3 Å². The molecule has 90 valence electrons. The highest BCUT2D eigenvalue weighted by Gasteiger charge is 2.33. The van der Waals surface area contributed by atoms with Gasteiger partial charge in [0.05, 0.1) is 0 Å². The van der Waals surface area contributed by atoms with E-state index in [1.54, 1.807) is 0 Å². The Labute approximate surface area is 103 Å². The third-order valence-corrected chi connectivity index (χ3v) is 4.51. The molecule has 0 amide bonds. The first-order valence-electron chi connectivity index (χ1n) is 6.90. The summed E-state index contributed by atoms with van der Waals surface area (Å²) in [5.74, 6) is 1.99. The average Bonchev–Trinajstić information content (AvgIpc) is 3.10. The lowest BCUT2D eigenvalue weighted by Gasteiger charge is -2.25. The number of carbonyl (C=O) groups is 1. The molecule has 17 heavy (non-hydrogen) atoms. The fourth-order valence-electron chi connectivity index (χ4n) is 2.73. The second kappa shape index (κ2) is 4.29. The quantitative estimate of drug-likeness (QED) is 0.706. The zero-order valence-electron chi connectivity index (χ0n) is 10.5. The summed E-state index contributed by atoms with van der Waals surface area (Å²) in [5.41, 5.74) is 2.33. The Morgan fingerprint density at radius 2 is 1.76 bits per heavy atom. The first-order valence-corrected chi connectivity index (χ1v) is 6.90. The molecule has 3 rings (SSSR count). The van der Waals surface area contributed by atoms with Gasteiger partial charge in [0.1, 0.15) is 0 Å². The van der Waals surface area contributed by atoms with E-state index in [0.29, 0.717) is 11.7 Å². The highest BCUT2D eigenvalue weighted by Crippen LogP contribution is 2.39. The Balaban J connectivity index is 1.72. The van der Waals surface area contributed by atoms with Crippen molar-refractivity contribution < 1.29 is 4.79 Å². The van der Waals surface area contributed by atoms with Crippen LogP contribution in [-0.2, 0) is 0 Å². The molecule has 2 saturated carbocycles. The number of benzene rings is 1. The molecule has 0 saturated heterocycles. The fourth-order valence-corrected chi connectivity index (χ4v) is 2.73. The molecule has 1 aromatic rings. The number of carbonyl (C=O) groups excluding carboxylic acids is 1. The molecule has 0 radical (unpaired) electrons. The van der Waals surface area contributed by atoms with Gasteiger partial charge < -0.3 is 0 Å². The molecule has 2 aliphatic rings. The topological polar surface area (TPSA) is 17.1 Å². The van der Waals surface area contributed by atoms with Crippen molar-refractivity contribution in [2.45, 2.75) is 44.9 Å². The summed E-state index contributed by atoms with van der Waals surface area (Å²) in [6.45, 7) is 2.08. The second-order valence-electron chi connectivity index (χ2n) is 5.74. The molecule has 1 unspecified atom stereocenters. The molecular formula is C16H20O. The summed E-state index contributed by atoms with van der Waals surface area (Å²) >= 11 is 0. The van der Waals surface area contributed by atoms with E-state index in [1.165, 1.54) is 37.7 Å². The lowest BCUT2D eigenvalue weighted by atomic mass is 9.79. The minimum atomic E-state index is 0.226. The van der Waals surface area contributed by atoms with Gasteiger partial charge in [-0.1, -0.05) is 37.6 Å². The molecule has 1 nitrogen and oxygen atoms in total. The van der Waals surface area contributed by atoms with Gasteiger partial charge in [-0.3, -0.25) is 4.79 Å². The molecule has 0 N–H and O–H groups in total. The van der Waals surface area contributed by atoms with Crippen molar-refractivity contribution >= 4 is 5.78 Å². The van der Waals surface area contributed by atoms with E-state index in [4.69, 9.17) is 0 Å². The monoisotopic (exact) mass is 228 g/mol. The van der Waals surface area contributed by atoms with Gasteiger partial charge in [-0.05, 0) is 43.1 Å². The van der Waals surface area contributed by atoms with Crippen LogP contribution >= 0.6 is 0 Å². The first kappa shape index (κ1) is 11.0. The van der Waals surface area contributed by atoms with Crippen LogP contribution in [0.25, 0.3) is 0 Å². The van der Waals surface area contributed by atoms with E-state index in [0.717, 1.165) is 11.5 Å². The van der Waals surface area contributed by atoms with Crippen LogP contribution in [0, 0.1) is 11.8 Å². The molecule has 0 aliphatic heterocycles. The molecule has 2 aliphatic carbocycles. The van der Waals surface area contributed by atoms with Crippen molar-refractivity contribution in [3.63, 3.8) is 0 Å². The summed E-state index contributed by atoms with van der Waals surface area (Å²) in [5, 5.41) is 0. The third kappa shape index (κ3) is 2.15. The van der Waals surface area contributed by atoms with Crippen molar-refractivity contribution in [3.8, 4) is 0 Å². The maximum absolute atomic E-state index is 12.2. The summed E-state index contributed by atoms with van der Waals surface area (Å²) in [4.78, 5) is 12.2. The van der Waals surface area contributed by atoms with E-state index in [-0.39, 0.29) is 5.92 Å². The second-order valence-corrected chi connectivity index (χ2v) is 5.74. The molecule has 0 heterocycles. The largest absolute Gasteiger partial charge is 0.294 e. The van der Waals surface area contributed by atoms with Crippen LogP contribution in [0.3, 0.4) is 0 Å². The third-order valence-electron chi connectivity index (χ3n) is 4.51. The zero-order chi connectivity index (χ0) is 11.8. The summed E-state index contributed by atoms with van der Waals surface area (Å²) in [6, 6.07) is 8.40. The van der Waals surface area contributed by atoms with Crippen LogP contribution in [-0.4, -0.2) is 5.78 Å². The highest BCUT2D eigenvalue weighted by molar-refractivity contribution is 5.98. The summed E-state index contributed by atoms with van der Waals surface area (Å²) in [7, 11) is 0. The van der Waals surface area contributed by atoms with Crippen LogP contribution in [0.5, 0.6) is 0 Å². The van der Waals surface area contributed by atoms with Crippen molar-refractivity contribution in [1.29, 1.82) is 0 Å². The van der Waals surface area contributed by atoms with Crippen molar-refractivity contribution in [1.82, 2.24) is 0 Å². The lowest BCUT2D eigenvalue weighted by Crippen LogP contribution is -2.14. The fraction of sp³-hybridized carbons (Fsp3) is 0.562. The van der Waals surface area contributed by atoms with Crippen molar-refractivity contribution in [2.24, 2.45) is 11.8 Å². The van der Waals surface area contributed by atoms with E-state index < -0.39 is 0 Å². The minimum Gasteiger partial charge on any atom is -0.294 e. The van der Waals surface area contributed by atoms with Gasteiger partial charge in [-0.25, -0.2) is 0 Å². The highest BCUT2D eigenvalue weighted by atomic mass is 16.1. The van der Waals surface area contributed by atoms with E-state index >= 15 is 0 Å². The maximum atomic E-state index is 12.2. The van der Waals surface area contributed by atoms with Crippen molar-refractivity contribution in [2.75, 3.05) is 0 Å². The molecule has 1 heteroatoms. The number of rotatable bonds is 4. The van der Waals surface area contributed by atoms with Gasteiger partial charge in [0.15, 0.2) is 5.78 Å². The minimum absolute atomic E-state index is 0.226. The number of Topliss-reactive ketones (excluding diaryl/α,β-unsaturated/α-hetero) is 1. The van der Waals surface area contributed by atoms with Gasteiger partial charge in [0, 0.05) is 11.5 Å². The van der Waals surface area contributed by atoms with Crippen LogP contribution in [0.2, 0.25) is 0 Å². The molecule has 1 atom stereocenters.